The third-order valence-electron chi connectivity index (χ3n) is 3.10. The first-order chi connectivity index (χ1) is 10.0. The lowest BCUT2D eigenvalue weighted by atomic mass is 10.2. The van der Waals surface area contributed by atoms with Crippen LogP contribution in [-0.2, 0) is 11.3 Å². The number of nitrogens with zero attached hydrogens (tertiary/aromatic N) is 2. The predicted molar refractivity (Wildman–Crippen MR) is 74.7 cm³/mol. The Hall–Kier alpha value is -2.09. The molecule has 1 amide bonds. The van der Waals surface area contributed by atoms with Crippen molar-refractivity contribution in [2.75, 3.05) is 11.4 Å². The van der Waals surface area contributed by atoms with Crippen LogP contribution in [0.25, 0.3) is 0 Å². The summed E-state index contributed by atoms with van der Waals surface area (Å²) >= 11 is 3.05. The minimum atomic E-state index is -0.582. The van der Waals surface area contributed by atoms with Crippen molar-refractivity contribution in [3.05, 3.63) is 51.2 Å². The van der Waals surface area contributed by atoms with E-state index in [0.717, 1.165) is 4.74 Å². The highest BCUT2D eigenvalue weighted by Crippen LogP contribution is 2.26. The second-order valence-corrected chi connectivity index (χ2v) is 5.38. The Labute approximate surface area is 126 Å². The van der Waals surface area contributed by atoms with Gasteiger partial charge in [0, 0.05) is 6.07 Å². The molecule has 6 nitrogen and oxygen atoms in total. The molecule has 1 saturated heterocycles. The number of benzene rings is 1. The Morgan fingerprint density at radius 3 is 2.81 bits per heavy atom. The van der Waals surface area contributed by atoms with E-state index in [1.165, 1.54) is 29.4 Å². The molecule has 8 heteroatoms. The van der Waals surface area contributed by atoms with Crippen LogP contribution in [0.4, 0.5) is 14.9 Å². The molecule has 1 aliphatic rings. The van der Waals surface area contributed by atoms with Gasteiger partial charge in [0.05, 0.1) is 23.2 Å². The zero-order valence-electron chi connectivity index (χ0n) is 10.7. The summed E-state index contributed by atoms with van der Waals surface area (Å²) in [4.78, 5) is 24.5. The fourth-order valence-electron chi connectivity index (χ4n) is 2.10. The van der Waals surface area contributed by atoms with E-state index >= 15 is 0 Å². The van der Waals surface area contributed by atoms with Crippen LogP contribution in [-0.4, -0.2) is 23.5 Å². The molecule has 3 rings (SSSR count). The fraction of sp³-hybridized carbons (Fsp3) is 0.231. The Morgan fingerprint density at radius 1 is 1.33 bits per heavy atom. The van der Waals surface area contributed by atoms with Crippen molar-refractivity contribution >= 4 is 27.7 Å². The molecule has 21 heavy (non-hydrogen) atoms. The van der Waals surface area contributed by atoms with Crippen LogP contribution in [0, 0.1) is 5.82 Å². The first kappa shape index (κ1) is 13.9. The Morgan fingerprint density at radius 2 is 2.14 bits per heavy atom. The molecule has 1 unspecified atom stereocenters. The van der Waals surface area contributed by atoms with Crippen molar-refractivity contribution in [2.24, 2.45) is 0 Å². The average molecular weight is 357 g/mol. The number of amides is 1. The number of carbonyl (C=O) groups is 1. The van der Waals surface area contributed by atoms with Gasteiger partial charge in [-0.2, -0.15) is 4.74 Å². The van der Waals surface area contributed by atoms with Crippen molar-refractivity contribution in [1.82, 2.24) is 4.74 Å². The van der Waals surface area contributed by atoms with Gasteiger partial charge in [-0.3, -0.25) is 9.69 Å². The van der Waals surface area contributed by atoms with E-state index in [2.05, 4.69) is 15.9 Å². The van der Waals surface area contributed by atoms with Crippen molar-refractivity contribution in [1.29, 1.82) is 0 Å². The minimum Gasteiger partial charge on any atom is -0.442 e. The number of hydrogen-bond acceptors (Lipinski definition) is 4. The van der Waals surface area contributed by atoms with E-state index in [9.17, 15) is 14.0 Å². The van der Waals surface area contributed by atoms with Crippen LogP contribution in [0.1, 0.15) is 0 Å². The lowest BCUT2D eigenvalue weighted by Gasteiger charge is -2.13. The second-order valence-electron chi connectivity index (χ2n) is 4.52. The molecule has 1 aromatic heterocycles. The Kier molecular flexibility index (Phi) is 3.54. The van der Waals surface area contributed by atoms with Gasteiger partial charge in [-0.05, 0) is 34.1 Å². The molecule has 0 radical (unpaired) electrons. The van der Waals surface area contributed by atoms with Crippen LogP contribution in [0.2, 0.25) is 0 Å². The van der Waals surface area contributed by atoms with E-state index in [1.807, 2.05) is 0 Å². The lowest BCUT2D eigenvalue weighted by molar-refractivity contribution is 0.107. The van der Waals surface area contributed by atoms with Gasteiger partial charge in [0.25, 0.3) is 5.56 Å². The number of carbonyl (C=O) groups excluding carboxylic acids is 1. The molecule has 1 aromatic carbocycles. The second kappa shape index (κ2) is 5.36. The standard InChI is InChI=1S/C13H10BrFN2O4/c14-10-2-1-8(5-11(10)15)16-6-9(21-13(16)19)7-17-12(18)3-4-20-17/h1-5,9H,6-7H2. The van der Waals surface area contributed by atoms with Gasteiger partial charge in [-0.25, -0.2) is 9.18 Å². The number of anilines is 1. The van der Waals surface area contributed by atoms with Gasteiger partial charge < -0.3 is 9.26 Å². The van der Waals surface area contributed by atoms with Crippen LogP contribution < -0.4 is 10.5 Å². The first-order valence-corrected chi connectivity index (χ1v) is 6.92. The molecule has 1 atom stereocenters. The van der Waals surface area contributed by atoms with Crippen LogP contribution in [0.15, 0.2) is 44.3 Å². The van der Waals surface area contributed by atoms with Crippen LogP contribution >= 0.6 is 15.9 Å². The number of rotatable bonds is 3. The summed E-state index contributed by atoms with van der Waals surface area (Å²) in [5, 5.41) is 0. The van der Waals surface area contributed by atoms with Crippen molar-refractivity contribution in [2.45, 2.75) is 12.6 Å². The van der Waals surface area contributed by atoms with E-state index in [1.54, 1.807) is 6.07 Å². The molecule has 1 aliphatic heterocycles. The monoisotopic (exact) mass is 356 g/mol. The van der Waals surface area contributed by atoms with Gasteiger partial charge in [-0.1, -0.05) is 0 Å². The van der Waals surface area contributed by atoms with Gasteiger partial charge in [0.1, 0.15) is 18.2 Å². The predicted octanol–water partition coefficient (Wildman–Crippen LogP) is 2.37. The minimum absolute atomic E-state index is 0.118. The SMILES string of the molecule is O=C1OC(Cn2occc2=O)CN1c1ccc(Br)c(F)c1. The van der Waals surface area contributed by atoms with Gasteiger partial charge in [0.15, 0.2) is 0 Å². The molecule has 0 saturated carbocycles. The molecule has 0 bridgehead atoms. The van der Waals surface area contributed by atoms with E-state index in [0.29, 0.717) is 10.2 Å². The Balaban J connectivity index is 1.77. The number of halogens is 2. The van der Waals surface area contributed by atoms with Crippen molar-refractivity contribution in [3.8, 4) is 0 Å². The van der Waals surface area contributed by atoms with Crippen molar-refractivity contribution < 1.29 is 18.4 Å². The summed E-state index contributed by atoms with van der Waals surface area (Å²) < 4.78 is 25.1. The molecular formula is C13H10BrFN2O4. The summed E-state index contributed by atoms with van der Waals surface area (Å²) in [5.74, 6) is -0.467. The molecular weight excluding hydrogens is 347 g/mol. The molecule has 2 aromatic rings. The largest absolute Gasteiger partial charge is 0.442 e. The zero-order chi connectivity index (χ0) is 15.0. The third-order valence-corrected chi connectivity index (χ3v) is 3.75. The van der Waals surface area contributed by atoms with Gasteiger partial charge in [0.2, 0.25) is 0 Å². The quantitative estimate of drug-likeness (QED) is 0.846. The maximum absolute atomic E-state index is 13.5. The van der Waals surface area contributed by atoms with Gasteiger partial charge in [-0.15, -0.1) is 0 Å². The average Bonchev–Trinajstić information content (AvgIpc) is 3.00. The smallest absolute Gasteiger partial charge is 0.414 e. The summed E-state index contributed by atoms with van der Waals surface area (Å²) in [7, 11) is 0. The topological polar surface area (TPSA) is 64.7 Å². The normalized spacial score (nSPS) is 18.1. The number of cyclic esters (lactones) is 1. The third kappa shape index (κ3) is 2.71. The number of hydrogen-bond donors (Lipinski definition) is 0. The van der Waals surface area contributed by atoms with Crippen molar-refractivity contribution in [3.63, 3.8) is 0 Å². The molecule has 2 heterocycles. The maximum Gasteiger partial charge on any atom is 0.414 e. The first-order valence-electron chi connectivity index (χ1n) is 6.12. The molecule has 110 valence electrons. The van der Waals surface area contributed by atoms with Crippen LogP contribution in [0.3, 0.4) is 0 Å². The highest BCUT2D eigenvalue weighted by molar-refractivity contribution is 9.10. The summed E-state index contributed by atoms with van der Waals surface area (Å²) in [6, 6.07) is 5.64. The highest BCUT2D eigenvalue weighted by atomic mass is 79.9. The molecule has 1 fully saturated rings. The molecule has 0 N–H and O–H groups in total. The Bertz CT molecular complexity index is 742. The summed E-state index contributed by atoms with van der Waals surface area (Å²) in [5.41, 5.74) is 0.0918. The maximum atomic E-state index is 13.5. The van der Waals surface area contributed by atoms with Gasteiger partial charge >= 0.3 is 6.09 Å². The van der Waals surface area contributed by atoms with E-state index < -0.39 is 18.0 Å². The molecule has 0 aliphatic carbocycles. The van der Waals surface area contributed by atoms with E-state index in [-0.39, 0.29) is 18.6 Å². The van der Waals surface area contributed by atoms with Crippen LogP contribution in [0.5, 0.6) is 0 Å². The molecule has 0 spiro atoms. The number of aromatic nitrogens is 1. The number of ether oxygens (including phenoxy) is 1. The summed E-state index contributed by atoms with van der Waals surface area (Å²) in [6.45, 7) is 0.333. The zero-order valence-corrected chi connectivity index (χ0v) is 12.2. The highest BCUT2D eigenvalue weighted by Gasteiger charge is 2.33. The summed E-state index contributed by atoms with van der Waals surface area (Å²) in [6.07, 6.45) is 0.149. The van der Waals surface area contributed by atoms with E-state index in [4.69, 9.17) is 9.26 Å². The lowest BCUT2D eigenvalue weighted by Crippen LogP contribution is -2.28. The fourth-order valence-corrected chi connectivity index (χ4v) is 2.34.